The van der Waals surface area contributed by atoms with E-state index in [0.717, 1.165) is 38.2 Å². The average Bonchev–Trinajstić information content (AvgIpc) is 3.31. The maximum atomic E-state index is 11.4. The molecule has 1 saturated heterocycles. The Hall–Kier alpha value is -1.96. The second-order valence-electron chi connectivity index (χ2n) is 8.16. The van der Waals surface area contributed by atoms with E-state index >= 15 is 0 Å². The van der Waals surface area contributed by atoms with E-state index in [2.05, 4.69) is 57.3 Å². The Morgan fingerprint density at radius 1 is 1.00 bits per heavy atom. The van der Waals surface area contributed by atoms with Gasteiger partial charge in [-0.2, -0.15) is 0 Å². The smallest absolute Gasteiger partial charge is 0.106 e. The molecular weight excluding hydrogens is 433 g/mol. The van der Waals surface area contributed by atoms with Crippen LogP contribution in [0.4, 0.5) is 0 Å². The van der Waals surface area contributed by atoms with Gasteiger partial charge < -0.3 is 15.7 Å². The first-order chi connectivity index (χ1) is 14.3. The highest BCUT2D eigenvalue weighted by molar-refractivity contribution is 5.85. The standard InChI is InChI=1S/C23H27N5O.2ClH/c29-22-21(19-8-4-5-9-20(19)23(22)10-12-24-13-11-23)28-16-18(26-27-28)15-25-14-17-6-2-1-3-7-17;;/h1-9,16,21-22,24-25,29H,10-15H2;2*1H/t21-,22+;;/m1../s1. The summed E-state index contributed by atoms with van der Waals surface area (Å²) in [4.78, 5) is 0. The number of aliphatic hydroxyl groups is 1. The fraction of sp³-hybridized carbons (Fsp3) is 0.391. The van der Waals surface area contributed by atoms with E-state index in [4.69, 9.17) is 0 Å². The highest BCUT2D eigenvalue weighted by Crippen LogP contribution is 2.51. The summed E-state index contributed by atoms with van der Waals surface area (Å²) in [6, 6.07) is 18.6. The number of hydrogen-bond donors (Lipinski definition) is 3. The van der Waals surface area contributed by atoms with Crippen molar-refractivity contribution in [2.24, 2.45) is 0 Å². The van der Waals surface area contributed by atoms with Crippen LogP contribution in [0.3, 0.4) is 0 Å². The second kappa shape index (κ2) is 10.1. The quantitative estimate of drug-likeness (QED) is 0.544. The Kier molecular flexibility index (Phi) is 7.73. The van der Waals surface area contributed by atoms with Gasteiger partial charge in [-0.25, -0.2) is 4.68 Å². The minimum Gasteiger partial charge on any atom is -0.390 e. The lowest BCUT2D eigenvalue weighted by molar-refractivity contribution is 0.0421. The normalized spacial score (nSPS) is 21.2. The minimum atomic E-state index is -0.492. The molecule has 5 rings (SSSR count). The molecule has 0 amide bonds. The first-order valence-corrected chi connectivity index (χ1v) is 10.4. The minimum absolute atomic E-state index is 0. The largest absolute Gasteiger partial charge is 0.390 e. The number of piperidine rings is 1. The molecule has 6 nitrogen and oxygen atoms in total. The van der Waals surface area contributed by atoms with E-state index in [9.17, 15) is 5.11 Å². The molecule has 1 spiro atoms. The van der Waals surface area contributed by atoms with Gasteiger partial charge >= 0.3 is 0 Å². The third kappa shape index (κ3) is 4.36. The fourth-order valence-corrected chi connectivity index (χ4v) is 5.03. The van der Waals surface area contributed by atoms with E-state index < -0.39 is 6.10 Å². The van der Waals surface area contributed by atoms with Gasteiger partial charge in [0.05, 0.1) is 18.0 Å². The third-order valence-corrected chi connectivity index (χ3v) is 6.50. The molecule has 0 unspecified atom stereocenters. The molecule has 2 atom stereocenters. The van der Waals surface area contributed by atoms with Crippen molar-refractivity contribution in [2.75, 3.05) is 13.1 Å². The van der Waals surface area contributed by atoms with Crippen molar-refractivity contribution in [1.29, 1.82) is 0 Å². The Labute approximate surface area is 195 Å². The number of aliphatic hydroxyl groups excluding tert-OH is 1. The van der Waals surface area contributed by atoms with Crippen LogP contribution in [-0.4, -0.2) is 39.3 Å². The van der Waals surface area contributed by atoms with E-state index in [1.165, 1.54) is 16.7 Å². The molecular formula is C23H29Cl2N5O. The number of aromatic nitrogens is 3. The van der Waals surface area contributed by atoms with Crippen LogP contribution in [0.25, 0.3) is 0 Å². The van der Waals surface area contributed by atoms with Crippen molar-refractivity contribution in [2.45, 2.75) is 43.5 Å². The summed E-state index contributed by atoms with van der Waals surface area (Å²) in [5.41, 5.74) is 4.39. The molecule has 0 saturated carbocycles. The van der Waals surface area contributed by atoms with Crippen molar-refractivity contribution in [3.8, 4) is 0 Å². The van der Waals surface area contributed by atoms with E-state index in [0.29, 0.717) is 6.54 Å². The fourth-order valence-electron chi connectivity index (χ4n) is 5.03. The summed E-state index contributed by atoms with van der Waals surface area (Å²) in [7, 11) is 0. The van der Waals surface area contributed by atoms with Gasteiger partial charge in [-0.15, -0.1) is 29.9 Å². The molecule has 2 aromatic carbocycles. The van der Waals surface area contributed by atoms with Crippen LogP contribution in [0.15, 0.2) is 60.8 Å². The topological polar surface area (TPSA) is 75.0 Å². The molecule has 1 aliphatic heterocycles. The van der Waals surface area contributed by atoms with Gasteiger partial charge in [0, 0.05) is 18.5 Å². The van der Waals surface area contributed by atoms with Crippen LogP contribution in [0, 0.1) is 0 Å². The molecule has 8 heteroatoms. The summed E-state index contributed by atoms with van der Waals surface area (Å²) in [5, 5.41) is 27.1. The van der Waals surface area contributed by atoms with Crippen LogP contribution in [-0.2, 0) is 18.5 Å². The Balaban J connectivity index is 0.00000136. The highest BCUT2D eigenvalue weighted by atomic mass is 35.5. The zero-order valence-corrected chi connectivity index (χ0v) is 18.9. The lowest BCUT2D eigenvalue weighted by Crippen LogP contribution is -2.47. The number of halogens is 2. The lowest BCUT2D eigenvalue weighted by atomic mass is 9.72. The SMILES string of the molecule is Cl.Cl.O[C@H]1[C@H](n2cc(CNCc3ccccc3)nn2)c2ccccc2C12CCNCC2. The summed E-state index contributed by atoms with van der Waals surface area (Å²) in [6.07, 6.45) is 3.38. The van der Waals surface area contributed by atoms with Gasteiger partial charge in [0.1, 0.15) is 6.04 Å². The number of hydrogen-bond acceptors (Lipinski definition) is 5. The lowest BCUT2D eigenvalue weighted by Gasteiger charge is -2.38. The van der Waals surface area contributed by atoms with Crippen LogP contribution >= 0.6 is 24.8 Å². The van der Waals surface area contributed by atoms with Crippen LogP contribution in [0.2, 0.25) is 0 Å². The van der Waals surface area contributed by atoms with Crippen molar-refractivity contribution in [3.63, 3.8) is 0 Å². The number of nitrogens with zero attached hydrogens (tertiary/aromatic N) is 3. The monoisotopic (exact) mass is 461 g/mol. The maximum Gasteiger partial charge on any atom is 0.106 e. The summed E-state index contributed by atoms with van der Waals surface area (Å²) < 4.78 is 1.86. The van der Waals surface area contributed by atoms with Crippen molar-refractivity contribution in [1.82, 2.24) is 25.6 Å². The molecule has 0 radical (unpaired) electrons. The maximum absolute atomic E-state index is 11.4. The molecule has 2 heterocycles. The van der Waals surface area contributed by atoms with Gasteiger partial charge in [-0.05, 0) is 42.6 Å². The molecule has 1 aromatic heterocycles. The van der Waals surface area contributed by atoms with Gasteiger partial charge in [0.25, 0.3) is 0 Å². The third-order valence-electron chi connectivity index (χ3n) is 6.50. The number of rotatable bonds is 5. The van der Waals surface area contributed by atoms with Gasteiger partial charge in [0.15, 0.2) is 0 Å². The first kappa shape index (κ1) is 23.7. The number of nitrogens with one attached hydrogen (secondary N) is 2. The van der Waals surface area contributed by atoms with E-state index in [1.807, 2.05) is 29.1 Å². The summed E-state index contributed by atoms with van der Waals surface area (Å²) >= 11 is 0. The predicted octanol–water partition coefficient (Wildman–Crippen LogP) is 3.00. The molecule has 0 bridgehead atoms. The second-order valence-corrected chi connectivity index (χ2v) is 8.16. The van der Waals surface area contributed by atoms with Crippen molar-refractivity contribution >= 4 is 24.8 Å². The van der Waals surface area contributed by atoms with Gasteiger partial charge in [-0.1, -0.05) is 59.8 Å². The number of fused-ring (bicyclic) bond motifs is 2. The first-order valence-electron chi connectivity index (χ1n) is 10.4. The van der Waals surface area contributed by atoms with Gasteiger partial charge in [0.2, 0.25) is 0 Å². The van der Waals surface area contributed by atoms with E-state index in [1.54, 1.807) is 0 Å². The van der Waals surface area contributed by atoms with Crippen molar-refractivity contribution < 1.29 is 5.11 Å². The molecule has 2 aliphatic rings. The summed E-state index contributed by atoms with van der Waals surface area (Å²) in [5.74, 6) is 0. The average molecular weight is 462 g/mol. The predicted molar refractivity (Wildman–Crippen MR) is 126 cm³/mol. The summed E-state index contributed by atoms with van der Waals surface area (Å²) in [6.45, 7) is 3.31. The van der Waals surface area contributed by atoms with Crippen molar-refractivity contribution in [3.05, 3.63) is 83.2 Å². The van der Waals surface area contributed by atoms with E-state index in [-0.39, 0.29) is 36.3 Å². The molecule has 3 aromatic rings. The highest BCUT2D eigenvalue weighted by Gasteiger charge is 2.52. The molecule has 166 valence electrons. The van der Waals surface area contributed by atoms with Crippen LogP contribution < -0.4 is 10.6 Å². The molecule has 3 N–H and O–H groups in total. The number of benzene rings is 2. The Bertz CT molecular complexity index is 975. The Morgan fingerprint density at radius 2 is 1.71 bits per heavy atom. The zero-order chi connectivity index (χ0) is 19.7. The molecule has 1 aliphatic carbocycles. The van der Waals surface area contributed by atoms with Crippen LogP contribution in [0.1, 0.15) is 41.3 Å². The zero-order valence-electron chi connectivity index (χ0n) is 17.3. The molecule has 1 fully saturated rings. The Morgan fingerprint density at radius 3 is 2.48 bits per heavy atom. The molecule has 31 heavy (non-hydrogen) atoms. The van der Waals surface area contributed by atoms with Crippen LogP contribution in [0.5, 0.6) is 0 Å². The van der Waals surface area contributed by atoms with Gasteiger partial charge in [-0.3, -0.25) is 0 Å².